The molecule has 0 radical (unpaired) electrons. The Hall–Kier alpha value is -4.19. The number of urea groups is 1. The van der Waals surface area contributed by atoms with Crippen molar-refractivity contribution in [2.24, 2.45) is 11.3 Å². The zero-order valence-corrected chi connectivity index (χ0v) is 23.8. The van der Waals surface area contributed by atoms with Gasteiger partial charge in [0.2, 0.25) is 0 Å². The molecule has 41 heavy (non-hydrogen) atoms. The predicted molar refractivity (Wildman–Crippen MR) is 163 cm³/mol. The molecule has 2 aliphatic carbocycles. The van der Waals surface area contributed by atoms with Crippen LogP contribution in [0.4, 0.5) is 20.6 Å². The summed E-state index contributed by atoms with van der Waals surface area (Å²) in [5.74, 6) is 0.207. The number of anilines is 2. The monoisotopic (exact) mass is 548 g/mol. The lowest BCUT2D eigenvalue weighted by Crippen LogP contribution is -2.44. The average Bonchev–Trinajstić information content (AvgIpc) is 3.53. The highest BCUT2D eigenvalue weighted by atomic mass is 19.1. The zero-order valence-electron chi connectivity index (χ0n) is 23.8. The molecule has 1 saturated carbocycles. The van der Waals surface area contributed by atoms with Crippen LogP contribution in [-0.4, -0.2) is 21.9 Å². The Morgan fingerprint density at radius 2 is 1.71 bits per heavy atom. The van der Waals surface area contributed by atoms with Crippen molar-refractivity contribution in [3.05, 3.63) is 114 Å². The highest BCUT2D eigenvalue weighted by molar-refractivity contribution is 5.99. The number of fused-ring (bicyclic) bond motifs is 2. The molecule has 0 spiro atoms. The van der Waals surface area contributed by atoms with Crippen molar-refractivity contribution in [1.29, 1.82) is 0 Å². The number of hydrogen-bond acceptors (Lipinski definition) is 2. The van der Waals surface area contributed by atoms with Gasteiger partial charge in [0, 0.05) is 6.04 Å². The summed E-state index contributed by atoms with van der Waals surface area (Å²) in [5, 5.41) is 8.10. The van der Waals surface area contributed by atoms with E-state index in [1.54, 1.807) is 17.0 Å². The van der Waals surface area contributed by atoms with Crippen LogP contribution in [0.2, 0.25) is 0 Å². The molecule has 6 rings (SSSR count). The van der Waals surface area contributed by atoms with Crippen LogP contribution in [0.1, 0.15) is 57.2 Å². The van der Waals surface area contributed by atoms with E-state index in [0.29, 0.717) is 5.92 Å². The number of amides is 2. The first-order valence-corrected chi connectivity index (χ1v) is 14.7. The van der Waals surface area contributed by atoms with E-state index in [2.05, 4.69) is 30.3 Å². The standard InChI is InChI=1S/C35H37FN4O/c1-3-10-29(38-34(41)39(30-11-6-4-7-12-30)31-13-8-5-9-14-31)21-26-15-16-27-22-33-25(23-35(26,27)2)24-37-40(33)32-19-17-28(36)18-20-32/h4-9,11-14,17-20,22,24,26,29H,3,10,15-16,21,23H2,1-2H3,(H,38,41). The van der Waals surface area contributed by atoms with Crippen molar-refractivity contribution in [1.82, 2.24) is 15.1 Å². The predicted octanol–water partition coefficient (Wildman–Crippen LogP) is 8.47. The molecule has 1 fully saturated rings. The lowest BCUT2D eigenvalue weighted by Gasteiger charge is -2.38. The van der Waals surface area contributed by atoms with E-state index >= 15 is 0 Å². The molecule has 0 saturated heterocycles. The molecule has 0 aliphatic heterocycles. The quantitative estimate of drug-likeness (QED) is 0.240. The molecular formula is C35H37FN4O. The second-order valence-corrected chi connectivity index (χ2v) is 11.6. The Kier molecular flexibility index (Phi) is 7.48. The molecule has 6 heteroatoms. The number of hydrogen-bond donors (Lipinski definition) is 1. The van der Waals surface area contributed by atoms with Crippen molar-refractivity contribution in [2.75, 3.05) is 4.90 Å². The minimum absolute atomic E-state index is 0.0267. The van der Waals surface area contributed by atoms with Crippen LogP contribution in [-0.2, 0) is 6.42 Å². The number of para-hydroxylation sites is 2. The van der Waals surface area contributed by atoms with E-state index in [4.69, 9.17) is 0 Å². The normalized spacial score (nSPS) is 20.1. The Morgan fingerprint density at radius 1 is 1.05 bits per heavy atom. The molecule has 3 aromatic carbocycles. The highest BCUT2D eigenvalue weighted by Gasteiger charge is 2.46. The number of allylic oxidation sites excluding steroid dienone is 1. The molecule has 1 aromatic heterocycles. The maximum atomic E-state index is 13.9. The molecule has 5 nitrogen and oxygen atoms in total. The van der Waals surface area contributed by atoms with Crippen LogP contribution in [0.3, 0.4) is 0 Å². The number of nitrogens with one attached hydrogen (secondary N) is 1. The van der Waals surface area contributed by atoms with Gasteiger partial charge < -0.3 is 5.32 Å². The number of carbonyl (C=O) groups is 1. The second-order valence-electron chi connectivity index (χ2n) is 11.6. The summed E-state index contributed by atoms with van der Waals surface area (Å²) in [6.45, 7) is 4.57. The molecule has 2 amide bonds. The minimum atomic E-state index is -0.247. The SMILES string of the molecule is CCCC(CC1CCC2=Cc3c(cnn3-c3ccc(F)cc3)CC21C)NC(=O)N(c1ccccc1)c1ccccc1. The van der Waals surface area contributed by atoms with Gasteiger partial charge in [0.05, 0.1) is 29.0 Å². The fraction of sp³-hybridized carbons (Fsp3) is 0.314. The molecule has 3 atom stereocenters. The third-order valence-corrected chi connectivity index (χ3v) is 8.99. The Balaban J connectivity index is 1.22. The summed E-state index contributed by atoms with van der Waals surface area (Å²) in [6.07, 6.45) is 10.2. The molecule has 1 N–H and O–H groups in total. The number of nitrogens with zero attached hydrogens (tertiary/aromatic N) is 3. The lowest BCUT2D eigenvalue weighted by molar-refractivity contribution is 0.216. The van der Waals surface area contributed by atoms with Gasteiger partial charge in [-0.15, -0.1) is 0 Å². The van der Waals surface area contributed by atoms with Gasteiger partial charge in [-0.05, 0) is 104 Å². The number of rotatable bonds is 8. The van der Waals surface area contributed by atoms with Crippen LogP contribution in [0, 0.1) is 17.2 Å². The number of halogens is 1. The smallest absolute Gasteiger partial charge is 0.326 e. The van der Waals surface area contributed by atoms with Crippen LogP contribution >= 0.6 is 0 Å². The summed E-state index contributed by atoms with van der Waals surface area (Å²) in [4.78, 5) is 15.6. The van der Waals surface area contributed by atoms with Gasteiger partial charge in [0.15, 0.2) is 0 Å². The van der Waals surface area contributed by atoms with E-state index in [0.717, 1.165) is 61.3 Å². The average molecular weight is 549 g/mol. The first-order chi connectivity index (χ1) is 20.0. The Morgan fingerprint density at radius 3 is 2.34 bits per heavy atom. The molecule has 0 bridgehead atoms. The Labute approximate surface area is 241 Å². The minimum Gasteiger partial charge on any atom is -0.335 e. The van der Waals surface area contributed by atoms with Gasteiger partial charge in [-0.1, -0.05) is 62.2 Å². The van der Waals surface area contributed by atoms with Gasteiger partial charge in [0.25, 0.3) is 0 Å². The van der Waals surface area contributed by atoms with Crippen molar-refractivity contribution in [3.63, 3.8) is 0 Å². The lowest BCUT2D eigenvalue weighted by atomic mass is 9.68. The van der Waals surface area contributed by atoms with E-state index in [-0.39, 0.29) is 23.3 Å². The third kappa shape index (κ3) is 5.31. The maximum Gasteiger partial charge on any atom is 0.326 e. The van der Waals surface area contributed by atoms with E-state index < -0.39 is 0 Å². The van der Waals surface area contributed by atoms with Gasteiger partial charge in [-0.25, -0.2) is 13.9 Å². The molecular weight excluding hydrogens is 511 g/mol. The van der Waals surface area contributed by atoms with Crippen molar-refractivity contribution < 1.29 is 9.18 Å². The fourth-order valence-electron chi connectivity index (χ4n) is 6.82. The van der Waals surface area contributed by atoms with Crippen LogP contribution < -0.4 is 10.2 Å². The third-order valence-electron chi connectivity index (χ3n) is 8.99. The number of benzene rings is 3. The molecule has 210 valence electrons. The van der Waals surface area contributed by atoms with Gasteiger partial charge in [-0.2, -0.15) is 5.10 Å². The van der Waals surface area contributed by atoms with E-state index in [1.807, 2.05) is 71.5 Å². The van der Waals surface area contributed by atoms with E-state index in [9.17, 15) is 9.18 Å². The summed E-state index contributed by atoms with van der Waals surface area (Å²) in [7, 11) is 0. The van der Waals surface area contributed by atoms with Crippen LogP contribution in [0.15, 0.2) is 96.7 Å². The largest absolute Gasteiger partial charge is 0.335 e. The van der Waals surface area contributed by atoms with Crippen molar-refractivity contribution >= 4 is 23.5 Å². The fourth-order valence-corrected chi connectivity index (χ4v) is 6.82. The zero-order chi connectivity index (χ0) is 28.4. The van der Waals surface area contributed by atoms with Gasteiger partial charge in [-0.3, -0.25) is 4.90 Å². The summed E-state index contributed by atoms with van der Waals surface area (Å²) in [5.41, 5.74) is 6.38. The van der Waals surface area contributed by atoms with Crippen LogP contribution in [0.5, 0.6) is 0 Å². The first-order valence-electron chi connectivity index (χ1n) is 14.7. The van der Waals surface area contributed by atoms with Gasteiger partial charge >= 0.3 is 6.03 Å². The second kappa shape index (κ2) is 11.4. The number of carbonyl (C=O) groups excluding carboxylic acids is 1. The topological polar surface area (TPSA) is 50.2 Å². The van der Waals surface area contributed by atoms with Crippen molar-refractivity contribution in [3.8, 4) is 5.69 Å². The Bertz CT molecular complexity index is 1490. The highest BCUT2D eigenvalue weighted by Crippen LogP contribution is 2.54. The van der Waals surface area contributed by atoms with Gasteiger partial charge in [0.1, 0.15) is 5.82 Å². The van der Waals surface area contributed by atoms with Crippen molar-refractivity contribution in [2.45, 2.75) is 58.4 Å². The molecule has 4 aromatic rings. The summed E-state index contributed by atoms with van der Waals surface area (Å²) < 4.78 is 15.4. The number of aromatic nitrogens is 2. The first kappa shape index (κ1) is 27.0. The van der Waals surface area contributed by atoms with E-state index in [1.165, 1.54) is 23.3 Å². The van der Waals surface area contributed by atoms with Crippen LogP contribution in [0.25, 0.3) is 11.8 Å². The summed E-state index contributed by atoms with van der Waals surface area (Å²) >= 11 is 0. The molecule has 2 aliphatic rings. The maximum absolute atomic E-state index is 13.9. The molecule has 3 unspecified atom stereocenters. The molecule has 1 heterocycles. The summed E-state index contributed by atoms with van der Waals surface area (Å²) in [6, 6.07) is 26.2.